The van der Waals surface area contributed by atoms with Gasteiger partial charge < -0.3 is 41.3 Å². The second kappa shape index (κ2) is 14.5. The van der Waals surface area contributed by atoms with Gasteiger partial charge in [-0.2, -0.15) is 5.26 Å². The number of halogens is 1. The van der Waals surface area contributed by atoms with E-state index in [1.807, 2.05) is 6.07 Å². The zero-order valence-corrected chi connectivity index (χ0v) is 20.5. The smallest absolute Gasteiger partial charge is 0.237 e. The van der Waals surface area contributed by atoms with Crippen LogP contribution in [0.1, 0.15) is 18.1 Å². The van der Waals surface area contributed by atoms with Gasteiger partial charge in [0.05, 0.1) is 51.9 Å². The Kier molecular flexibility index (Phi) is 12.9. The summed E-state index contributed by atoms with van der Waals surface area (Å²) in [7, 11) is 6.14. The molecule has 2 aromatic rings. The van der Waals surface area contributed by atoms with Crippen LogP contribution in [0.2, 0.25) is 0 Å². The summed E-state index contributed by atoms with van der Waals surface area (Å²) in [5, 5.41) is 18.1. The number of aliphatic hydroxyl groups excluding tert-OH is 1. The summed E-state index contributed by atoms with van der Waals surface area (Å²) >= 11 is 0. The Labute approximate surface area is 205 Å². The molecule has 0 heterocycles. The van der Waals surface area contributed by atoms with Crippen LogP contribution in [-0.4, -0.2) is 51.6 Å². The van der Waals surface area contributed by atoms with Crippen LogP contribution in [0.3, 0.4) is 0 Å². The molecule has 0 bridgehead atoms. The quantitative estimate of drug-likeness (QED) is 0.242. The zero-order chi connectivity index (χ0) is 25.1. The Morgan fingerprint density at radius 3 is 1.88 bits per heavy atom. The molecule has 0 fully saturated rings. The molecule has 186 valence electrons. The van der Waals surface area contributed by atoms with Crippen molar-refractivity contribution in [2.45, 2.75) is 19.1 Å². The summed E-state index contributed by atoms with van der Waals surface area (Å²) in [4.78, 5) is 10.1. The van der Waals surface area contributed by atoms with Crippen LogP contribution in [-0.2, 0) is 4.79 Å². The maximum absolute atomic E-state index is 10.1. The fourth-order valence-corrected chi connectivity index (χ4v) is 2.66. The lowest BCUT2D eigenvalue weighted by Gasteiger charge is -2.14. The molecule has 0 saturated heterocycles. The average Bonchev–Trinajstić information content (AvgIpc) is 2.81. The number of primary amides is 1. The highest BCUT2D eigenvalue weighted by atomic mass is 35.5. The van der Waals surface area contributed by atoms with Crippen LogP contribution in [0.5, 0.6) is 23.0 Å². The lowest BCUT2D eigenvalue weighted by molar-refractivity contribution is -0.121. The summed E-state index contributed by atoms with van der Waals surface area (Å²) in [6.07, 6.45) is 0.878. The second-order valence-electron chi connectivity index (χ2n) is 6.75. The summed E-state index contributed by atoms with van der Waals surface area (Å²) in [5.41, 5.74) is 18.0. The van der Waals surface area contributed by atoms with Crippen LogP contribution in [0.4, 0.5) is 5.69 Å². The van der Waals surface area contributed by atoms with E-state index >= 15 is 0 Å². The van der Waals surface area contributed by atoms with Gasteiger partial charge in [0.25, 0.3) is 0 Å². The molecule has 10 nitrogen and oxygen atoms in total. The monoisotopic (exact) mass is 494 g/mol. The van der Waals surface area contributed by atoms with E-state index in [0.29, 0.717) is 39.8 Å². The topological polar surface area (TPSA) is 176 Å². The van der Waals surface area contributed by atoms with Crippen molar-refractivity contribution in [3.63, 3.8) is 0 Å². The summed E-state index contributed by atoms with van der Waals surface area (Å²) < 4.78 is 21.1. The number of benzene rings is 2. The van der Waals surface area contributed by atoms with Crippen LogP contribution >= 0.6 is 12.4 Å². The van der Waals surface area contributed by atoms with Crippen molar-refractivity contribution in [3.05, 3.63) is 41.5 Å². The predicted molar refractivity (Wildman–Crippen MR) is 133 cm³/mol. The molecule has 2 atom stereocenters. The third kappa shape index (κ3) is 8.04. The molecule has 0 radical (unpaired) electrons. The largest absolute Gasteiger partial charge is 0.495 e. The molecule has 0 saturated carbocycles. The summed E-state index contributed by atoms with van der Waals surface area (Å²) in [6, 6.07) is 10.0. The number of aliphatic hydroxyl groups is 1. The Balaban J connectivity index is 0.00000104. The maximum atomic E-state index is 10.1. The third-order valence-electron chi connectivity index (χ3n) is 4.51. The summed E-state index contributed by atoms with van der Waals surface area (Å²) in [6.45, 7) is 1.41. The number of allylic oxidation sites excluding steroid dienone is 1. The normalized spacial score (nSPS) is 12.0. The van der Waals surface area contributed by atoms with E-state index in [1.54, 1.807) is 37.5 Å². The van der Waals surface area contributed by atoms with E-state index in [2.05, 4.69) is 6.07 Å². The molecular weight excluding hydrogens is 464 g/mol. The van der Waals surface area contributed by atoms with Gasteiger partial charge in [-0.1, -0.05) is 6.07 Å². The van der Waals surface area contributed by atoms with E-state index < -0.39 is 18.1 Å². The Morgan fingerprint density at radius 1 is 1.03 bits per heavy atom. The molecule has 0 aliphatic rings. The number of nitriles is 1. The van der Waals surface area contributed by atoms with Crippen molar-refractivity contribution in [2.75, 3.05) is 34.2 Å². The molecule has 34 heavy (non-hydrogen) atoms. The standard InChI is InChI=1S/C19H20N2O4.C4H10N2O2.ClH/c1-22-16-6-5-12(8-15(16)21)7-14(11-20)13-9-17(23-2)19(25-4)18(10-13)24-3;1-2(7)3(5)4(6)8;/h5-10H,21H2,1-4H3;2-3,7H,5H2,1H3,(H2,6,8);1H/t;2-,3+;/m.1./s1. The number of carbonyl (C=O) groups is 1. The number of hydrogen-bond donors (Lipinski definition) is 4. The Hall–Kier alpha value is -3.65. The minimum absolute atomic E-state index is 0. The highest BCUT2D eigenvalue weighted by Gasteiger charge is 2.15. The fourth-order valence-electron chi connectivity index (χ4n) is 2.66. The van der Waals surface area contributed by atoms with E-state index in [0.717, 1.165) is 5.56 Å². The molecule has 0 aliphatic carbocycles. The number of nitrogens with two attached hydrogens (primary N) is 3. The number of methoxy groups -OCH3 is 4. The number of rotatable bonds is 8. The van der Waals surface area contributed by atoms with Crippen LogP contribution in [0.15, 0.2) is 30.3 Å². The zero-order valence-electron chi connectivity index (χ0n) is 19.7. The Bertz CT molecular complexity index is 1010. The number of nitrogens with zero attached hydrogens (tertiary/aromatic N) is 1. The number of carbonyl (C=O) groups excluding carboxylic acids is 1. The number of hydrogen-bond acceptors (Lipinski definition) is 9. The molecule has 2 aromatic carbocycles. The molecule has 0 spiro atoms. The van der Waals surface area contributed by atoms with Crippen molar-refractivity contribution in [1.82, 2.24) is 0 Å². The van der Waals surface area contributed by atoms with Gasteiger partial charge in [0, 0.05) is 0 Å². The number of nitrogen functional groups attached to an aromatic ring is 1. The molecule has 7 N–H and O–H groups in total. The molecule has 0 aromatic heterocycles. The minimum Gasteiger partial charge on any atom is -0.495 e. The molecule has 1 amide bonds. The highest BCUT2D eigenvalue weighted by Crippen LogP contribution is 2.40. The van der Waals surface area contributed by atoms with Crippen molar-refractivity contribution >= 4 is 35.7 Å². The van der Waals surface area contributed by atoms with Crippen molar-refractivity contribution in [3.8, 4) is 29.1 Å². The van der Waals surface area contributed by atoms with Gasteiger partial charge in [-0.15, -0.1) is 12.4 Å². The number of amides is 1. The van der Waals surface area contributed by atoms with Gasteiger partial charge in [-0.3, -0.25) is 4.79 Å². The van der Waals surface area contributed by atoms with Gasteiger partial charge in [0.1, 0.15) is 11.8 Å². The first kappa shape index (κ1) is 30.4. The molecule has 11 heteroatoms. The fraction of sp³-hybridized carbons (Fsp3) is 0.304. The molecule has 2 rings (SSSR count). The Morgan fingerprint density at radius 2 is 1.56 bits per heavy atom. The van der Waals surface area contributed by atoms with E-state index in [-0.39, 0.29) is 12.4 Å². The van der Waals surface area contributed by atoms with Gasteiger partial charge >= 0.3 is 0 Å². The van der Waals surface area contributed by atoms with Crippen molar-refractivity contribution < 1.29 is 28.8 Å². The highest BCUT2D eigenvalue weighted by molar-refractivity contribution is 5.91. The van der Waals surface area contributed by atoms with Crippen molar-refractivity contribution in [2.24, 2.45) is 11.5 Å². The minimum atomic E-state index is -0.935. The number of ether oxygens (including phenoxy) is 4. The third-order valence-corrected chi connectivity index (χ3v) is 4.51. The van der Waals surface area contributed by atoms with Gasteiger partial charge in [0.2, 0.25) is 11.7 Å². The van der Waals surface area contributed by atoms with E-state index in [9.17, 15) is 10.1 Å². The van der Waals surface area contributed by atoms with E-state index in [4.69, 9.17) is 41.3 Å². The van der Waals surface area contributed by atoms with Gasteiger partial charge in [-0.05, 0) is 48.4 Å². The maximum Gasteiger partial charge on any atom is 0.237 e. The number of anilines is 1. The lowest BCUT2D eigenvalue weighted by atomic mass is 10.0. The lowest BCUT2D eigenvalue weighted by Crippen LogP contribution is -2.44. The van der Waals surface area contributed by atoms with E-state index in [1.165, 1.54) is 28.3 Å². The first-order valence-corrected chi connectivity index (χ1v) is 9.72. The average molecular weight is 495 g/mol. The van der Waals surface area contributed by atoms with Gasteiger partial charge in [-0.25, -0.2) is 0 Å². The molecule has 0 aliphatic heterocycles. The van der Waals surface area contributed by atoms with Crippen LogP contribution in [0, 0.1) is 11.3 Å². The first-order chi connectivity index (χ1) is 15.6. The first-order valence-electron chi connectivity index (χ1n) is 9.72. The molecule has 0 unspecified atom stereocenters. The SMILES string of the molecule is COc1ccc(C=C(C#N)c2cc(OC)c(OC)c(OC)c2)cc1N.C[C@@H](O)[C@H](N)C(N)=O.Cl. The second-order valence-corrected chi connectivity index (χ2v) is 6.75. The molecular formula is C23H31ClN4O6. The van der Waals surface area contributed by atoms with Crippen molar-refractivity contribution in [1.29, 1.82) is 5.26 Å². The summed E-state index contributed by atoms with van der Waals surface area (Å²) in [5.74, 6) is 1.34. The van der Waals surface area contributed by atoms with Crippen LogP contribution < -0.4 is 36.1 Å². The van der Waals surface area contributed by atoms with Gasteiger partial charge in [0.15, 0.2) is 11.5 Å². The predicted octanol–water partition coefficient (Wildman–Crippen LogP) is 1.97. The van der Waals surface area contributed by atoms with Crippen LogP contribution in [0.25, 0.3) is 11.6 Å².